The van der Waals surface area contributed by atoms with Gasteiger partial charge in [-0.25, -0.2) is 4.79 Å². The van der Waals surface area contributed by atoms with Crippen molar-refractivity contribution in [2.24, 2.45) is 0 Å². The van der Waals surface area contributed by atoms with Crippen molar-refractivity contribution in [1.29, 1.82) is 0 Å². The van der Waals surface area contributed by atoms with Gasteiger partial charge in [-0.2, -0.15) is 0 Å². The van der Waals surface area contributed by atoms with E-state index in [1.54, 1.807) is 57.2 Å². The first-order valence-corrected chi connectivity index (χ1v) is 8.19. The molecule has 0 spiro atoms. The molecule has 0 aliphatic heterocycles. The first-order chi connectivity index (χ1) is 11.7. The second kappa shape index (κ2) is 7.57. The van der Waals surface area contributed by atoms with Crippen molar-refractivity contribution >= 4 is 29.2 Å². The molecule has 0 heterocycles. The van der Waals surface area contributed by atoms with Crippen LogP contribution >= 0.6 is 11.6 Å². The summed E-state index contributed by atoms with van der Waals surface area (Å²) >= 11 is 5.95. The van der Waals surface area contributed by atoms with Gasteiger partial charge in [-0.1, -0.05) is 29.8 Å². The Kier molecular flexibility index (Phi) is 5.69. The number of benzene rings is 2. The minimum atomic E-state index is -0.563. The van der Waals surface area contributed by atoms with Crippen LogP contribution < -0.4 is 11.1 Å². The number of anilines is 1. The highest BCUT2D eigenvalue weighted by Gasteiger charge is 2.16. The lowest BCUT2D eigenvalue weighted by atomic mass is 10.00. The zero-order valence-electron chi connectivity index (χ0n) is 14.4. The van der Waals surface area contributed by atoms with E-state index in [4.69, 9.17) is 22.1 Å². The number of halogens is 1. The van der Waals surface area contributed by atoms with Crippen LogP contribution in [0.3, 0.4) is 0 Å². The van der Waals surface area contributed by atoms with E-state index in [-0.39, 0.29) is 12.3 Å². The average molecular weight is 361 g/mol. The molecular weight excluding hydrogens is 340 g/mol. The molecule has 0 aromatic heterocycles. The summed E-state index contributed by atoms with van der Waals surface area (Å²) in [6, 6.07) is 11.7. The van der Waals surface area contributed by atoms with Gasteiger partial charge in [0.15, 0.2) is 5.78 Å². The number of nitrogens with two attached hydrogens (primary N) is 1. The van der Waals surface area contributed by atoms with Crippen molar-refractivity contribution in [3.8, 4) is 0 Å². The number of amides is 1. The predicted molar refractivity (Wildman–Crippen MR) is 98.8 cm³/mol. The molecular formula is C19H21ClN2O3. The molecule has 0 radical (unpaired) electrons. The third kappa shape index (κ3) is 5.50. The van der Waals surface area contributed by atoms with Crippen LogP contribution in [0.5, 0.6) is 0 Å². The molecule has 1 amide bonds. The SMILES string of the molecule is CC(C)(C)OC(=O)NCc1cccc(C(=O)c2cc(Cl)ccc2N)c1. The maximum atomic E-state index is 12.6. The minimum Gasteiger partial charge on any atom is -0.444 e. The van der Waals surface area contributed by atoms with E-state index in [0.717, 1.165) is 5.56 Å². The summed E-state index contributed by atoms with van der Waals surface area (Å²) in [6.07, 6.45) is -0.511. The van der Waals surface area contributed by atoms with Crippen LogP contribution in [0.1, 0.15) is 42.3 Å². The molecule has 0 atom stereocenters. The molecule has 6 heteroatoms. The topological polar surface area (TPSA) is 81.4 Å². The number of alkyl carbamates (subject to hydrolysis) is 1. The Morgan fingerprint density at radius 3 is 2.56 bits per heavy atom. The van der Waals surface area contributed by atoms with Crippen molar-refractivity contribution in [3.05, 3.63) is 64.2 Å². The first-order valence-electron chi connectivity index (χ1n) is 7.81. The monoisotopic (exact) mass is 360 g/mol. The lowest BCUT2D eigenvalue weighted by Gasteiger charge is -2.19. The average Bonchev–Trinajstić information content (AvgIpc) is 2.53. The number of hydrogen-bond acceptors (Lipinski definition) is 4. The molecule has 2 aromatic carbocycles. The summed E-state index contributed by atoms with van der Waals surface area (Å²) in [6.45, 7) is 5.63. The smallest absolute Gasteiger partial charge is 0.407 e. The van der Waals surface area contributed by atoms with Crippen molar-refractivity contribution in [2.75, 3.05) is 5.73 Å². The molecule has 0 unspecified atom stereocenters. The van der Waals surface area contributed by atoms with Gasteiger partial charge in [0.1, 0.15) is 5.60 Å². The van der Waals surface area contributed by atoms with E-state index >= 15 is 0 Å². The Hall–Kier alpha value is -2.53. The summed E-state index contributed by atoms with van der Waals surface area (Å²) in [5.74, 6) is -0.223. The van der Waals surface area contributed by atoms with Crippen LogP contribution in [-0.2, 0) is 11.3 Å². The highest BCUT2D eigenvalue weighted by molar-refractivity contribution is 6.31. The second-order valence-corrected chi connectivity index (χ2v) is 7.05. The number of carbonyl (C=O) groups is 2. The molecule has 0 aliphatic rings. The van der Waals surface area contributed by atoms with Crippen molar-refractivity contribution in [3.63, 3.8) is 0 Å². The minimum absolute atomic E-state index is 0.223. The van der Waals surface area contributed by atoms with Gasteiger partial charge in [0, 0.05) is 28.4 Å². The lowest BCUT2D eigenvalue weighted by Crippen LogP contribution is -2.32. The number of rotatable bonds is 4. The number of carbonyl (C=O) groups excluding carboxylic acids is 2. The molecule has 2 aromatic rings. The number of hydrogen-bond donors (Lipinski definition) is 2. The van der Waals surface area contributed by atoms with Crippen molar-refractivity contribution < 1.29 is 14.3 Å². The Morgan fingerprint density at radius 2 is 1.88 bits per heavy atom. The summed E-state index contributed by atoms with van der Waals surface area (Å²) in [4.78, 5) is 24.4. The highest BCUT2D eigenvalue weighted by Crippen LogP contribution is 2.21. The van der Waals surface area contributed by atoms with E-state index in [2.05, 4.69) is 5.32 Å². The summed E-state index contributed by atoms with van der Waals surface area (Å²) < 4.78 is 5.19. The van der Waals surface area contributed by atoms with Gasteiger partial charge in [0.05, 0.1) is 0 Å². The van der Waals surface area contributed by atoms with Crippen molar-refractivity contribution in [2.45, 2.75) is 32.9 Å². The van der Waals surface area contributed by atoms with Gasteiger partial charge in [0.25, 0.3) is 0 Å². The van der Waals surface area contributed by atoms with Crippen LogP contribution in [0, 0.1) is 0 Å². The third-order valence-electron chi connectivity index (χ3n) is 3.28. The molecule has 0 saturated heterocycles. The first kappa shape index (κ1) is 18.8. The van der Waals surface area contributed by atoms with Crippen LogP contribution in [0.25, 0.3) is 0 Å². The summed E-state index contributed by atoms with van der Waals surface area (Å²) in [5.41, 5.74) is 7.27. The molecule has 25 heavy (non-hydrogen) atoms. The largest absolute Gasteiger partial charge is 0.444 e. The normalized spacial score (nSPS) is 11.0. The van der Waals surface area contributed by atoms with Crippen LogP contribution in [0.2, 0.25) is 5.02 Å². The number of ether oxygens (including phenoxy) is 1. The molecule has 3 N–H and O–H groups in total. The number of nitrogen functional groups attached to an aromatic ring is 1. The maximum absolute atomic E-state index is 12.6. The number of nitrogens with one attached hydrogen (secondary N) is 1. The van der Waals surface area contributed by atoms with Gasteiger partial charge in [0.2, 0.25) is 0 Å². The molecule has 2 rings (SSSR count). The van der Waals surface area contributed by atoms with Gasteiger partial charge in [-0.15, -0.1) is 0 Å². The Labute approximate surface area is 152 Å². The predicted octanol–water partition coefficient (Wildman–Crippen LogP) is 4.18. The van der Waals surface area contributed by atoms with Crippen LogP contribution in [-0.4, -0.2) is 17.5 Å². The van der Waals surface area contributed by atoms with Crippen molar-refractivity contribution in [1.82, 2.24) is 5.32 Å². The van der Waals surface area contributed by atoms with E-state index in [1.165, 1.54) is 0 Å². The van der Waals surface area contributed by atoms with E-state index in [1.807, 2.05) is 6.07 Å². The van der Waals surface area contributed by atoms with E-state index in [9.17, 15) is 9.59 Å². The summed E-state index contributed by atoms with van der Waals surface area (Å²) in [5, 5.41) is 3.11. The molecule has 5 nitrogen and oxygen atoms in total. The lowest BCUT2D eigenvalue weighted by molar-refractivity contribution is 0.0523. The maximum Gasteiger partial charge on any atom is 0.407 e. The Bertz CT molecular complexity index is 797. The highest BCUT2D eigenvalue weighted by atomic mass is 35.5. The quantitative estimate of drug-likeness (QED) is 0.633. The zero-order chi connectivity index (χ0) is 18.6. The Morgan fingerprint density at radius 1 is 1.16 bits per heavy atom. The zero-order valence-corrected chi connectivity index (χ0v) is 15.2. The molecule has 0 bridgehead atoms. The fourth-order valence-electron chi connectivity index (χ4n) is 2.19. The summed E-state index contributed by atoms with van der Waals surface area (Å²) in [7, 11) is 0. The van der Waals surface area contributed by atoms with Gasteiger partial charge < -0.3 is 15.8 Å². The van der Waals surface area contributed by atoms with Crippen LogP contribution in [0.15, 0.2) is 42.5 Å². The fourth-order valence-corrected chi connectivity index (χ4v) is 2.36. The van der Waals surface area contributed by atoms with Crippen LogP contribution in [0.4, 0.5) is 10.5 Å². The second-order valence-electron chi connectivity index (χ2n) is 6.62. The standard InChI is InChI=1S/C19H21ClN2O3/c1-19(2,3)25-18(24)22-11-12-5-4-6-13(9-12)17(23)15-10-14(20)7-8-16(15)21/h4-10H,11,21H2,1-3H3,(H,22,24). The van der Waals surface area contributed by atoms with Gasteiger partial charge >= 0.3 is 6.09 Å². The van der Waals surface area contributed by atoms with E-state index in [0.29, 0.717) is 21.8 Å². The van der Waals surface area contributed by atoms with Gasteiger partial charge in [-0.05, 0) is 50.6 Å². The molecule has 0 aliphatic carbocycles. The Balaban J connectivity index is 2.12. The molecule has 132 valence electrons. The van der Waals surface area contributed by atoms with E-state index < -0.39 is 11.7 Å². The van der Waals surface area contributed by atoms with Gasteiger partial charge in [-0.3, -0.25) is 4.79 Å². The molecule has 0 fully saturated rings. The number of ketones is 1. The molecule has 0 saturated carbocycles. The third-order valence-corrected chi connectivity index (χ3v) is 3.52. The fraction of sp³-hybridized carbons (Fsp3) is 0.263.